The summed E-state index contributed by atoms with van der Waals surface area (Å²) >= 11 is 3.52. The maximum absolute atomic E-state index is 4.36. The van der Waals surface area contributed by atoms with Crippen LogP contribution in [0.5, 0.6) is 0 Å². The van der Waals surface area contributed by atoms with Crippen molar-refractivity contribution < 1.29 is 0 Å². The van der Waals surface area contributed by atoms with Gasteiger partial charge in [0.1, 0.15) is 12.1 Å². The summed E-state index contributed by atoms with van der Waals surface area (Å²) in [5.74, 6) is 1.80. The molecular weight excluding hydrogens is 254 g/mol. The van der Waals surface area contributed by atoms with E-state index in [4.69, 9.17) is 0 Å². The van der Waals surface area contributed by atoms with E-state index in [1.807, 2.05) is 6.20 Å². The minimum Gasteiger partial charge on any atom is -0.352 e. The van der Waals surface area contributed by atoms with Crippen LogP contribution in [0.25, 0.3) is 0 Å². The largest absolute Gasteiger partial charge is 0.352 e. The third-order valence-corrected chi connectivity index (χ3v) is 3.57. The topological polar surface area (TPSA) is 29.0 Å². The van der Waals surface area contributed by atoms with Gasteiger partial charge in [0.25, 0.3) is 0 Å². The quantitative estimate of drug-likeness (QED) is 0.827. The van der Waals surface area contributed by atoms with Crippen LogP contribution in [0.4, 0.5) is 5.82 Å². The Labute approximate surface area is 99.0 Å². The number of anilines is 1. The van der Waals surface area contributed by atoms with Crippen molar-refractivity contribution in [2.24, 2.45) is 5.92 Å². The molecular formula is C11H16BrN3. The van der Waals surface area contributed by atoms with Gasteiger partial charge >= 0.3 is 0 Å². The fraction of sp³-hybridized carbons (Fsp3) is 0.636. The molecule has 1 aromatic heterocycles. The Bertz CT molecular complexity index is 342. The SMILES string of the molecule is CCC1CC(C)CN1c1ncncc1Br. The van der Waals surface area contributed by atoms with Gasteiger partial charge in [-0.2, -0.15) is 0 Å². The molecule has 0 bridgehead atoms. The molecule has 1 aliphatic heterocycles. The van der Waals surface area contributed by atoms with Crippen LogP contribution >= 0.6 is 15.9 Å². The highest BCUT2D eigenvalue weighted by molar-refractivity contribution is 9.10. The van der Waals surface area contributed by atoms with Gasteiger partial charge in [-0.1, -0.05) is 13.8 Å². The summed E-state index contributed by atoms with van der Waals surface area (Å²) in [5.41, 5.74) is 0. The number of nitrogens with zero attached hydrogens (tertiary/aromatic N) is 3. The third kappa shape index (κ3) is 2.14. The van der Waals surface area contributed by atoms with Crippen molar-refractivity contribution in [3.63, 3.8) is 0 Å². The molecule has 1 aromatic rings. The zero-order valence-corrected chi connectivity index (χ0v) is 10.7. The highest BCUT2D eigenvalue weighted by Gasteiger charge is 2.30. The molecule has 2 atom stereocenters. The Morgan fingerprint density at radius 1 is 1.60 bits per heavy atom. The smallest absolute Gasteiger partial charge is 0.146 e. The molecule has 1 fully saturated rings. The standard InChI is InChI=1S/C11H16BrN3/c1-3-9-4-8(2)6-15(9)11-10(12)5-13-7-14-11/h5,7-9H,3-4,6H2,1-2H3. The molecule has 1 saturated heterocycles. The van der Waals surface area contributed by atoms with Crippen molar-refractivity contribution >= 4 is 21.7 Å². The lowest BCUT2D eigenvalue weighted by Crippen LogP contribution is -2.29. The molecule has 0 aromatic carbocycles. The van der Waals surface area contributed by atoms with Crippen molar-refractivity contribution in [3.05, 3.63) is 17.0 Å². The van der Waals surface area contributed by atoms with Gasteiger partial charge in [-0.3, -0.25) is 0 Å². The van der Waals surface area contributed by atoms with Crippen LogP contribution in [-0.4, -0.2) is 22.6 Å². The summed E-state index contributed by atoms with van der Waals surface area (Å²) in [4.78, 5) is 10.8. The maximum atomic E-state index is 4.36. The fourth-order valence-electron chi connectivity index (χ4n) is 2.32. The lowest BCUT2D eigenvalue weighted by atomic mass is 10.1. The van der Waals surface area contributed by atoms with Crippen LogP contribution in [0.1, 0.15) is 26.7 Å². The molecule has 0 amide bonds. The van der Waals surface area contributed by atoms with E-state index in [0.717, 1.165) is 22.8 Å². The van der Waals surface area contributed by atoms with Gasteiger partial charge < -0.3 is 4.90 Å². The molecule has 82 valence electrons. The van der Waals surface area contributed by atoms with Gasteiger partial charge in [0.15, 0.2) is 0 Å². The van der Waals surface area contributed by atoms with E-state index in [0.29, 0.717) is 6.04 Å². The molecule has 0 saturated carbocycles. The van der Waals surface area contributed by atoms with Gasteiger partial charge in [0.2, 0.25) is 0 Å². The second-order valence-corrected chi connectivity index (χ2v) is 5.10. The first kappa shape index (κ1) is 10.9. The van der Waals surface area contributed by atoms with E-state index >= 15 is 0 Å². The van der Waals surface area contributed by atoms with Crippen LogP contribution in [0, 0.1) is 5.92 Å². The van der Waals surface area contributed by atoms with Crippen molar-refractivity contribution in [2.45, 2.75) is 32.7 Å². The summed E-state index contributed by atoms with van der Waals surface area (Å²) < 4.78 is 0.998. The zero-order chi connectivity index (χ0) is 10.8. The van der Waals surface area contributed by atoms with Gasteiger partial charge in [-0.05, 0) is 34.7 Å². The molecule has 2 rings (SSSR count). The predicted octanol–water partition coefficient (Wildman–Crippen LogP) is 2.86. The summed E-state index contributed by atoms with van der Waals surface area (Å²) in [7, 11) is 0. The van der Waals surface area contributed by atoms with Gasteiger partial charge in [0.05, 0.1) is 4.47 Å². The highest BCUT2D eigenvalue weighted by atomic mass is 79.9. The Morgan fingerprint density at radius 2 is 2.40 bits per heavy atom. The van der Waals surface area contributed by atoms with Gasteiger partial charge in [-0.15, -0.1) is 0 Å². The third-order valence-electron chi connectivity index (χ3n) is 3.02. The first-order chi connectivity index (χ1) is 7.22. The first-order valence-corrected chi connectivity index (χ1v) is 6.23. The number of hydrogen-bond donors (Lipinski definition) is 0. The van der Waals surface area contributed by atoms with E-state index in [-0.39, 0.29) is 0 Å². The van der Waals surface area contributed by atoms with Crippen molar-refractivity contribution in [1.82, 2.24) is 9.97 Å². The maximum Gasteiger partial charge on any atom is 0.146 e. The van der Waals surface area contributed by atoms with Crippen LogP contribution in [0.2, 0.25) is 0 Å². The van der Waals surface area contributed by atoms with Crippen molar-refractivity contribution in [3.8, 4) is 0 Å². The molecule has 0 N–H and O–H groups in total. The van der Waals surface area contributed by atoms with E-state index in [2.05, 4.69) is 44.6 Å². The molecule has 1 aliphatic rings. The Morgan fingerprint density at radius 3 is 3.07 bits per heavy atom. The highest BCUT2D eigenvalue weighted by Crippen LogP contribution is 2.32. The van der Waals surface area contributed by atoms with E-state index < -0.39 is 0 Å². The van der Waals surface area contributed by atoms with Crippen LogP contribution in [-0.2, 0) is 0 Å². The number of rotatable bonds is 2. The van der Waals surface area contributed by atoms with E-state index in [9.17, 15) is 0 Å². The van der Waals surface area contributed by atoms with E-state index in [1.165, 1.54) is 12.8 Å². The first-order valence-electron chi connectivity index (χ1n) is 5.44. The lowest BCUT2D eigenvalue weighted by molar-refractivity contribution is 0.586. The lowest BCUT2D eigenvalue weighted by Gasteiger charge is -2.25. The Balaban J connectivity index is 2.26. The average molecular weight is 270 g/mol. The monoisotopic (exact) mass is 269 g/mol. The minimum absolute atomic E-state index is 0.631. The Kier molecular flexibility index (Phi) is 3.24. The molecule has 15 heavy (non-hydrogen) atoms. The molecule has 0 aliphatic carbocycles. The zero-order valence-electron chi connectivity index (χ0n) is 9.15. The van der Waals surface area contributed by atoms with Crippen molar-refractivity contribution in [2.75, 3.05) is 11.4 Å². The number of halogens is 1. The molecule has 4 heteroatoms. The van der Waals surface area contributed by atoms with Gasteiger partial charge in [0, 0.05) is 18.8 Å². The van der Waals surface area contributed by atoms with E-state index in [1.54, 1.807) is 6.33 Å². The fourth-order valence-corrected chi connectivity index (χ4v) is 2.76. The minimum atomic E-state index is 0.631. The number of hydrogen-bond acceptors (Lipinski definition) is 3. The molecule has 0 radical (unpaired) electrons. The molecule has 2 unspecified atom stereocenters. The number of aromatic nitrogens is 2. The van der Waals surface area contributed by atoms with Gasteiger partial charge in [-0.25, -0.2) is 9.97 Å². The van der Waals surface area contributed by atoms with Crippen LogP contribution in [0.3, 0.4) is 0 Å². The second-order valence-electron chi connectivity index (χ2n) is 4.25. The van der Waals surface area contributed by atoms with Crippen molar-refractivity contribution in [1.29, 1.82) is 0 Å². The second kappa shape index (κ2) is 4.47. The molecule has 3 nitrogen and oxygen atoms in total. The van der Waals surface area contributed by atoms with Crippen LogP contribution in [0.15, 0.2) is 17.0 Å². The predicted molar refractivity (Wildman–Crippen MR) is 64.9 cm³/mol. The van der Waals surface area contributed by atoms with Crippen LogP contribution < -0.4 is 4.90 Å². The summed E-state index contributed by atoms with van der Waals surface area (Å²) in [5, 5.41) is 0. The summed E-state index contributed by atoms with van der Waals surface area (Å²) in [6, 6.07) is 0.631. The molecule has 0 spiro atoms. The Hall–Kier alpha value is -0.640. The average Bonchev–Trinajstić information content (AvgIpc) is 2.60. The summed E-state index contributed by atoms with van der Waals surface area (Å²) in [6.45, 7) is 5.65. The summed E-state index contributed by atoms with van der Waals surface area (Å²) in [6.07, 6.45) is 5.89. The molecule has 2 heterocycles. The normalized spacial score (nSPS) is 25.9.